The third-order valence-corrected chi connectivity index (χ3v) is 6.57. The Labute approximate surface area is 166 Å². The minimum absolute atomic E-state index is 0. The van der Waals surface area contributed by atoms with Crippen molar-refractivity contribution in [3.63, 3.8) is 0 Å². The second-order valence-corrected chi connectivity index (χ2v) is 10.6. The molecule has 0 rings (SSSR count). The summed E-state index contributed by atoms with van der Waals surface area (Å²) in [6.07, 6.45) is 0.586. The van der Waals surface area contributed by atoms with E-state index in [0.29, 0.717) is 19.8 Å². The maximum Gasteiger partial charge on any atom is 0.327 e. The Morgan fingerprint density at radius 2 is 0.720 bits per heavy atom. The van der Waals surface area contributed by atoms with Gasteiger partial charge in [0, 0.05) is 40.2 Å². The van der Waals surface area contributed by atoms with Gasteiger partial charge in [0.05, 0.1) is 19.8 Å². The Kier molecular flexibility index (Phi) is 25.0. The molecule has 0 radical (unpaired) electrons. The third kappa shape index (κ3) is 27.5. The quantitative estimate of drug-likeness (QED) is 0.346. The molecule has 0 aliphatic rings. The molecule has 0 spiro atoms. The van der Waals surface area contributed by atoms with Crippen LogP contribution < -0.4 is 0 Å². The Morgan fingerprint density at radius 1 is 0.560 bits per heavy atom. The number of rotatable bonds is 9. The van der Waals surface area contributed by atoms with Crippen LogP contribution in [0.25, 0.3) is 0 Å². The van der Waals surface area contributed by atoms with Gasteiger partial charge in [-0.2, -0.15) is 0 Å². The van der Waals surface area contributed by atoms with Crippen molar-refractivity contribution in [1.29, 1.82) is 0 Å². The van der Waals surface area contributed by atoms with Crippen LogP contribution in [0.2, 0.25) is 0 Å². The van der Waals surface area contributed by atoms with Crippen LogP contribution in [0, 0.1) is 0 Å². The van der Waals surface area contributed by atoms with E-state index >= 15 is 0 Å². The van der Waals surface area contributed by atoms with Crippen LogP contribution in [0.1, 0.15) is 41.5 Å². The normalized spacial score (nSPS) is 17.2. The van der Waals surface area contributed by atoms with E-state index in [4.69, 9.17) is 14.7 Å². The van der Waals surface area contributed by atoms with Gasteiger partial charge in [-0.05, 0) is 20.8 Å². The number of hydrogen-bond acceptors (Lipinski definition) is 6. The van der Waals surface area contributed by atoms with E-state index in [0.717, 1.165) is 0 Å². The molecule has 0 aliphatic heterocycles. The van der Waals surface area contributed by atoms with Gasteiger partial charge in [0.25, 0.3) is 0 Å². The summed E-state index contributed by atoms with van der Waals surface area (Å²) in [5, 5.41) is 0. The zero-order valence-electron chi connectivity index (χ0n) is 15.9. The second-order valence-electron chi connectivity index (χ2n) is 4.11. The first kappa shape index (κ1) is 33.7. The van der Waals surface area contributed by atoms with Gasteiger partial charge in [0.15, 0.2) is 0 Å². The number of hydrogen-bond donors (Lipinski definition) is 3. The summed E-state index contributed by atoms with van der Waals surface area (Å²) < 4.78 is 45.0. The van der Waals surface area contributed by atoms with Gasteiger partial charge in [-0.1, -0.05) is 20.8 Å². The van der Waals surface area contributed by atoms with Crippen LogP contribution in [0.5, 0.6) is 0 Å². The predicted octanol–water partition coefficient (Wildman–Crippen LogP) is 3.68. The van der Waals surface area contributed by atoms with Crippen LogP contribution in [0.4, 0.5) is 0 Å². The SMILES string of the molecule is CCOP(=O)(O)CC.CCOP(=O)(O)CC.CCOP(=O)(O)CC.[Ti]. The maximum atomic E-state index is 10.5. The summed E-state index contributed by atoms with van der Waals surface area (Å²) in [7, 11) is -9.52. The van der Waals surface area contributed by atoms with E-state index in [1.54, 1.807) is 41.5 Å². The van der Waals surface area contributed by atoms with E-state index in [1.807, 2.05) is 0 Å². The molecule has 3 unspecified atom stereocenters. The molecule has 13 heteroatoms. The van der Waals surface area contributed by atoms with Crippen LogP contribution in [-0.4, -0.2) is 53.0 Å². The van der Waals surface area contributed by atoms with Crippen LogP contribution in [-0.2, 0) is 49.0 Å². The first-order valence-electron chi connectivity index (χ1n) is 7.75. The predicted molar refractivity (Wildman–Crippen MR) is 96.0 cm³/mol. The Bertz CT molecular complexity index is 372. The molecule has 0 fully saturated rings. The molecule has 0 heterocycles. The van der Waals surface area contributed by atoms with Gasteiger partial charge >= 0.3 is 22.8 Å². The largest absolute Gasteiger partial charge is 0.327 e. The molecule has 0 amide bonds. The van der Waals surface area contributed by atoms with Gasteiger partial charge in [0.2, 0.25) is 0 Å². The van der Waals surface area contributed by atoms with E-state index in [2.05, 4.69) is 13.6 Å². The molecular formula is C12H33O9P3Ti. The zero-order valence-corrected chi connectivity index (χ0v) is 20.1. The molecule has 0 saturated carbocycles. The zero-order chi connectivity index (χ0) is 19.9. The van der Waals surface area contributed by atoms with Crippen LogP contribution >= 0.6 is 22.8 Å². The summed E-state index contributed by atoms with van der Waals surface area (Å²) in [5.74, 6) is 0. The molecule has 0 bridgehead atoms. The van der Waals surface area contributed by atoms with E-state index in [-0.39, 0.29) is 40.2 Å². The second kappa shape index (κ2) is 18.5. The fourth-order valence-electron chi connectivity index (χ4n) is 0.879. The van der Waals surface area contributed by atoms with Crippen molar-refractivity contribution in [3.05, 3.63) is 0 Å². The summed E-state index contributed by atoms with van der Waals surface area (Å²) in [5.41, 5.74) is 0. The molecule has 0 saturated heterocycles. The molecule has 0 aromatic rings. The fourth-order valence-corrected chi connectivity index (χ4v) is 2.64. The summed E-state index contributed by atoms with van der Waals surface area (Å²) in [6.45, 7) is 10.9. The van der Waals surface area contributed by atoms with Crippen molar-refractivity contribution < 1.29 is 63.7 Å². The average molecular weight is 462 g/mol. The minimum Gasteiger partial charge on any atom is -0.324 e. The topological polar surface area (TPSA) is 140 Å². The van der Waals surface area contributed by atoms with Gasteiger partial charge in [-0.25, -0.2) is 0 Å². The average Bonchev–Trinajstić information content (AvgIpc) is 2.48. The van der Waals surface area contributed by atoms with Crippen molar-refractivity contribution in [2.75, 3.05) is 38.3 Å². The van der Waals surface area contributed by atoms with Crippen molar-refractivity contribution in [3.8, 4) is 0 Å². The molecule has 9 nitrogen and oxygen atoms in total. The van der Waals surface area contributed by atoms with Gasteiger partial charge < -0.3 is 28.3 Å². The molecule has 3 N–H and O–H groups in total. The van der Waals surface area contributed by atoms with Crippen molar-refractivity contribution in [1.82, 2.24) is 0 Å². The van der Waals surface area contributed by atoms with Crippen LogP contribution in [0.15, 0.2) is 0 Å². The molecule has 25 heavy (non-hydrogen) atoms. The third-order valence-electron chi connectivity index (χ3n) is 2.19. The molecule has 154 valence electrons. The standard InChI is InChI=1S/3C4H11O3P.Ti/c3*1-3-7-8(5,6)4-2;/h3*3-4H2,1-2H3,(H,5,6);. The molecule has 0 aromatic heterocycles. The van der Waals surface area contributed by atoms with Crippen LogP contribution in [0.3, 0.4) is 0 Å². The Balaban J connectivity index is -0.000000130. The summed E-state index contributed by atoms with van der Waals surface area (Å²) in [4.78, 5) is 26.0. The van der Waals surface area contributed by atoms with Crippen molar-refractivity contribution in [2.45, 2.75) is 41.5 Å². The van der Waals surface area contributed by atoms with Crippen molar-refractivity contribution in [2.24, 2.45) is 0 Å². The smallest absolute Gasteiger partial charge is 0.324 e. The molecule has 3 atom stereocenters. The monoisotopic (exact) mass is 462 g/mol. The van der Waals surface area contributed by atoms with Gasteiger partial charge in [-0.15, -0.1) is 0 Å². The fraction of sp³-hybridized carbons (Fsp3) is 1.00. The Hall–Kier alpha value is 1.16. The first-order chi connectivity index (χ1) is 10.9. The maximum absolute atomic E-state index is 10.5. The Morgan fingerprint density at radius 3 is 0.760 bits per heavy atom. The van der Waals surface area contributed by atoms with Crippen molar-refractivity contribution >= 4 is 22.8 Å². The first-order valence-corrected chi connectivity index (χ1v) is 13.0. The minimum atomic E-state index is -3.17. The molecule has 0 aliphatic carbocycles. The van der Waals surface area contributed by atoms with E-state index in [1.165, 1.54) is 0 Å². The molecular weight excluding hydrogens is 429 g/mol. The van der Waals surface area contributed by atoms with Gasteiger partial charge in [-0.3, -0.25) is 13.7 Å². The summed E-state index contributed by atoms with van der Waals surface area (Å²) in [6, 6.07) is 0. The van der Waals surface area contributed by atoms with Gasteiger partial charge in [0.1, 0.15) is 0 Å². The summed E-state index contributed by atoms with van der Waals surface area (Å²) >= 11 is 0. The van der Waals surface area contributed by atoms with E-state index in [9.17, 15) is 13.7 Å². The van der Waals surface area contributed by atoms with E-state index < -0.39 is 22.8 Å². The molecule has 0 aromatic carbocycles.